The molecule has 0 saturated heterocycles. The average molecular weight is 372 g/mol. The third-order valence-electron chi connectivity index (χ3n) is 5.17. The maximum Gasteiger partial charge on any atom is 0.315 e. The number of aromatic nitrogens is 1. The molecule has 2 N–H and O–H groups in total. The second kappa shape index (κ2) is 9.04. The van der Waals surface area contributed by atoms with Crippen molar-refractivity contribution in [3.05, 3.63) is 64.4 Å². The van der Waals surface area contributed by atoms with Gasteiger partial charge in [-0.25, -0.2) is 4.79 Å². The highest BCUT2D eigenvalue weighted by molar-refractivity contribution is 6.30. The van der Waals surface area contributed by atoms with Crippen LogP contribution in [0, 0.1) is 12.8 Å². The Morgan fingerprint density at radius 2 is 1.88 bits per heavy atom. The molecule has 26 heavy (non-hydrogen) atoms. The molecule has 138 valence electrons. The summed E-state index contributed by atoms with van der Waals surface area (Å²) in [6.45, 7) is 2.59. The molecule has 1 aromatic carbocycles. The number of aryl methyl sites for hydroxylation is 1. The van der Waals surface area contributed by atoms with E-state index in [-0.39, 0.29) is 12.1 Å². The fourth-order valence-electron chi connectivity index (χ4n) is 3.58. The molecule has 0 spiro atoms. The van der Waals surface area contributed by atoms with Crippen molar-refractivity contribution in [3.8, 4) is 0 Å². The summed E-state index contributed by atoms with van der Waals surface area (Å²) in [6, 6.07) is 11.9. The van der Waals surface area contributed by atoms with Gasteiger partial charge < -0.3 is 10.6 Å². The molecule has 0 atom stereocenters. The number of halogens is 1. The first kappa shape index (κ1) is 18.7. The normalized spacial score (nSPS) is 19.8. The highest BCUT2D eigenvalue weighted by Crippen LogP contribution is 2.27. The SMILES string of the molecule is Cc1ncccc1CC1CCC(NC(=O)NCc2ccc(Cl)cc2)CC1. The Morgan fingerprint density at radius 3 is 2.58 bits per heavy atom. The number of hydrogen-bond donors (Lipinski definition) is 2. The lowest BCUT2D eigenvalue weighted by Crippen LogP contribution is -2.43. The largest absolute Gasteiger partial charge is 0.335 e. The summed E-state index contributed by atoms with van der Waals surface area (Å²) in [5, 5.41) is 6.74. The number of hydrogen-bond acceptors (Lipinski definition) is 2. The van der Waals surface area contributed by atoms with Crippen LogP contribution in [-0.4, -0.2) is 17.1 Å². The van der Waals surface area contributed by atoms with Gasteiger partial charge in [-0.3, -0.25) is 4.98 Å². The number of urea groups is 1. The van der Waals surface area contributed by atoms with Crippen molar-refractivity contribution in [2.24, 2.45) is 5.92 Å². The molecule has 5 heteroatoms. The van der Waals surface area contributed by atoms with Crippen molar-refractivity contribution in [2.45, 2.75) is 51.6 Å². The Kier molecular flexibility index (Phi) is 6.51. The van der Waals surface area contributed by atoms with Gasteiger partial charge in [0.2, 0.25) is 0 Å². The summed E-state index contributed by atoms with van der Waals surface area (Å²) in [5.41, 5.74) is 3.53. The van der Waals surface area contributed by atoms with Gasteiger partial charge in [-0.2, -0.15) is 0 Å². The molecule has 0 unspecified atom stereocenters. The van der Waals surface area contributed by atoms with E-state index < -0.39 is 0 Å². The minimum atomic E-state index is -0.0912. The Labute approximate surface area is 160 Å². The topological polar surface area (TPSA) is 54.0 Å². The predicted molar refractivity (Wildman–Crippen MR) is 105 cm³/mol. The van der Waals surface area contributed by atoms with E-state index >= 15 is 0 Å². The van der Waals surface area contributed by atoms with Crippen LogP contribution in [0.25, 0.3) is 0 Å². The second-order valence-electron chi connectivity index (χ2n) is 7.12. The maximum atomic E-state index is 12.1. The highest BCUT2D eigenvalue weighted by Gasteiger charge is 2.23. The third kappa shape index (κ3) is 5.46. The van der Waals surface area contributed by atoms with E-state index in [4.69, 9.17) is 11.6 Å². The summed E-state index contributed by atoms with van der Waals surface area (Å²) in [4.78, 5) is 16.5. The summed E-state index contributed by atoms with van der Waals surface area (Å²) in [6.07, 6.45) is 7.32. The van der Waals surface area contributed by atoms with Crippen LogP contribution in [0.5, 0.6) is 0 Å². The molecule has 1 aromatic heterocycles. The number of carbonyl (C=O) groups is 1. The first-order valence-electron chi connectivity index (χ1n) is 9.29. The zero-order valence-electron chi connectivity index (χ0n) is 15.2. The van der Waals surface area contributed by atoms with Gasteiger partial charge in [0.25, 0.3) is 0 Å². The van der Waals surface area contributed by atoms with Crippen molar-refractivity contribution in [1.29, 1.82) is 0 Å². The van der Waals surface area contributed by atoms with Gasteiger partial charge in [0.05, 0.1) is 0 Å². The molecular formula is C21H26ClN3O. The molecule has 2 aromatic rings. The van der Waals surface area contributed by atoms with Gasteiger partial charge in [0, 0.05) is 29.5 Å². The second-order valence-corrected chi connectivity index (χ2v) is 7.56. The summed E-state index contributed by atoms with van der Waals surface area (Å²) in [7, 11) is 0. The molecule has 0 radical (unpaired) electrons. The minimum absolute atomic E-state index is 0.0912. The number of nitrogens with zero attached hydrogens (tertiary/aromatic N) is 1. The number of carbonyl (C=O) groups excluding carboxylic acids is 1. The molecule has 4 nitrogen and oxygen atoms in total. The molecular weight excluding hydrogens is 346 g/mol. The summed E-state index contributed by atoms with van der Waals surface area (Å²) in [5.74, 6) is 0.688. The first-order valence-corrected chi connectivity index (χ1v) is 9.67. The fraction of sp³-hybridized carbons (Fsp3) is 0.429. The van der Waals surface area contributed by atoms with Gasteiger partial charge >= 0.3 is 6.03 Å². The van der Waals surface area contributed by atoms with Gasteiger partial charge in [0.15, 0.2) is 0 Å². The van der Waals surface area contributed by atoms with Crippen LogP contribution in [0.15, 0.2) is 42.6 Å². The van der Waals surface area contributed by atoms with Crippen molar-refractivity contribution in [1.82, 2.24) is 15.6 Å². The molecule has 1 heterocycles. The Morgan fingerprint density at radius 1 is 1.15 bits per heavy atom. The van der Waals surface area contributed by atoms with Crippen molar-refractivity contribution in [3.63, 3.8) is 0 Å². The fourth-order valence-corrected chi connectivity index (χ4v) is 3.70. The highest BCUT2D eigenvalue weighted by atomic mass is 35.5. The number of nitrogens with one attached hydrogen (secondary N) is 2. The van der Waals surface area contributed by atoms with E-state index in [1.54, 1.807) is 0 Å². The minimum Gasteiger partial charge on any atom is -0.335 e. The lowest BCUT2D eigenvalue weighted by Gasteiger charge is -2.29. The summed E-state index contributed by atoms with van der Waals surface area (Å²) >= 11 is 5.87. The standard InChI is InChI=1S/C21H26ClN3O/c1-15-18(3-2-12-23-15)13-16-6-10-20(11-7-16)25-21(26)24-14-17-4-8-19(22)9-5-17/h2-5,8-9,12,16,20H,6-7,10-11,13-14H2,1H3,(H2,24,25,26). The molecule has 2 amide bonds. The molecule has 1 saturated carbocycles. The van der Waals surface area contributed by atoms with Crippen LogP contribution in [0.4, 0.5) is 4.79 Å². The van der Waals surface area contributed by atoms with E-state index in [0.717, 1.165) is 43.4 Å². The predicted octanol–water partition coefficient (Wildman–Crippen LogP) is 4.64. The maximum absolute atomic E-state index is 12.1. The Balaban J connectivity index is 1.38. The first-order chi connectivity index (χ1) is 12.6. The summed E-state index contributed by atoms with van der Waals surface area (Å²) < 4.78 is 0. The Hall–Kier alpha value is -2.07. The van der Waals surface area contributed by atoms with Crippen LogP contribution in [0.1, 0.15) is 42.5 Å². The Bertz CT molecular complexity index is 724. The van der Waals surface area contributed by atoms with E-state index in [0.29, 0.717) is 17.5 Å². The zero-order valence-corrected chi connectivity index (χ0v) is 15.9. The van der Waals surface area contributed by atoms with E-state index in [2.05, 4.69) is 28.6 Å². The van der Waals surface area contributed by atoms with E-state index in [1.807, 2.05) is 36.5 Å². The lowest BCUT2D eigenvalue weighted by molar-refractivity contribution is 0.226. The monoisotopic (exact) mass is 371 g/mol. The van der Waals surface area contributed by atoms with E-state index in [1.165, 1.54) is 5.56 Å². The lowest BCUT2D eigenvalue weighted by atomic mass is 9.82. The average Bonchev–Trinajstić information content (AvgIpc) is 2.65. The molecule has 0 aliphatic heterocycles. The quantitative estimate of drug-likeness (QED) is 0.804. The molecule has 3 rings (SSSR count). The number of benzene rings is 1. The van der Waals surface area contributed by atoms with Gasteiger partial charge in [0.1, 0.15) is 0 Å². The number of rotatable bonds is 5. The third-order valence-corrected chi connectivity index (χ3v) is 5.43. The van der Waals surface area contributed by atoms with Crippen molar-refractivity contribution in [2.75, 3.05) is 0 Å². The smallest absolute Gasteiger partial charge is 0.315 e. The van der Waals surface area contributed by atoms with Crippen LogP contribution in [0.2, 0.25) is 5.02 Å². The molecule has 0 bridgehead atoms. The van der Waals surface area contributed by atoms with E-state index in [9.17, 15) is 4.79 Å². The van der Waals surface area contributed by atoms with Crippen molar-refractivity contribution < 1.29 is 4.79 Å². The van der Waals surface area contributed by atoms with Crippen LogP contribution >= 0.6 is 11.6 Å². The van der Waals surface area contributed by atoms with Crippen LogP contribution < -0.4 is 10.6 Å². The van der Waals surface area contributed by atoms with Crippen molar-refractivity contribution >= 4 is 17.6 Å². The van der Waals surface area contributed by atoms with Gasteiger partial charge in [-0.1, -0.05) is 29.8 Å². The molecule has 1 fully saturated rings. The number of amides is 2. The molecule has 1 aliphatic carbocycles. The number of pyridine rings is 1. The van der Waals surface area contributed by atoms with Gasteiger partial charge in [-0.15, -0.1) is 0 Å². The van der Waals surface area contributed by atoms with Crippen LogP contribution in [-0.2, 0) is 13.0 Å². The van der Waals surface area contributed by atoms with Crippen LogP contribution in [0.3, 0.4) is 0 Å². The van der Waals surface area contributed by atoms with Gasteiger partial charge in [-0.05, 0) is 74.3 Å². The molecule has 1 aliphatic rings. The zero-order chi connectivity index (χ0) is 18.4.